The largest absolute Gasteiger partial charge is 0.314 e. The topological polar surface area (TPSA) is 39.1 Å². The number of nitriles is 1. The molecule has 0 aromatic heterocycles. The summed E-state index contributed by atoms with van der Waals surface area (Å²) in [6, 6.07) is 19.7. The molecule has 1 heterocycles. The monoisotopic (exact) mass is 495 g/mol. The van der Waals surface area contributed by atoms with Gasteiger partial charge in [-0.3, -0.25) is 4.90 Å². The number of nitrogens with zero attached hydrogens (tertiary/aromatic N) is 2. The molecular weight excluding hydrogens is 469 g/mol. The third-order valence-corrected chi connectivity index (χ3v) is 8.54. The SMILES string of the molecule is N#Cc1cc2ccccc2c2c1SCCN(C[C@@H](CCNC1CC1)c1ccc(Cl)c(Cl)c1)C2. The number of thioether (sulfide) groups is 1. The van der Waals surface area contributed by atoms with Crippen molar-refractivity contribution in [2.45, 2.75) is 42.7 Å². The second kappa shape index (κ2) is 10.3. The number of hydrogen-bond donors (Lipinski definition) is 1. The molecule has 1 atom stereocenters. The highest BCUT2D eigenvalue weighted by Crippen LogP contribution is 2.37. The average molecular weight is 497 g/mol. The number of benzene rings is 3. The van der Waals surface area contributed by atoms with Crippen molar-refractivity contribution in [1.29, 1.82) is 5.26 Å². The van der Waals surface area contributed by atoms with E-state index in [1.165, 1.54) is 29.4 Å². The van der Waals surface area contributed by atoms with Crippen LogP contribution >= 0.6 is 35.0 Å². The maximum absolute atomic E-state index is 9.79. The van der Waals surface area contributed by atoms with Gasteiger partial charge in [-0.25, -0.2) is 0 Å². The first-order valence-electron chi connectivity index (χ1n) is 11.6. The summed E-state index contributed by atoms with van der Waals surface area (Å²) >= 11 is 14.4. The molecule has 1 N–H and O–H groups in total. The summed E-state index contributed by atoms with van der Waals surface area (Å²) in [4.78, 5) is 3.71. The lowest BCUT2D eigenvalue weighted by Gasteiger charge is -2.27. The number of rotatable bonds is 7. The third-order valence-electron chi connectivity index (χ3n) is 6.66. The Labute approximate surface area is 210 Å². The van der Waals surface area contributed by atoms with Crippen LogP contribution in [0, 0.1) is 11.3 Å². The van der Waals surface area contributed by atoms with Gasteiger partial charge in [-0.15, -0.1) is 11.8 Å². The zero-order valence-corrected chi connectivity index (χ0v) is 20.8. The van der Waals surface area contributed by atoms with E-state index in [9.17, 15) is 5.26 Å². The number of hydrogen-bond acceptors (Lipinski definition) is 4. The van der Waals surface area contributed by atoms with Crippen molar-refractivity contribution in [2.24, 2.45) is 0 Å². The molecule has 1 aliphatic carbocycles. The van der Waals surface area contributed by atoms with E-state index in [4.69, 9.17) is 23.2 Å². The van der Waals surface area contributed by atoms with Crippen LogP contribution in [0.4, 0.5) is 0 Å². The Morgan fingerprint density at radius 3 is 2.76 bits per heavy atom. The molecule has 3 nitrogen and oxygen atoms in total. The van der Waals surface area contributed by atoms with Gasteiger partial charge in [0, 0.05) is 36.3 Å². The van der Waals surface area contributed by atoms with E-state index in [1.54, 1.807) is 0 Å². The van der Waals surface area contributed by atoms with Crippen LogP contribution in [0.3, 0.4) is 0 Å². The van der Waals surface area contributed by atoms with Gasteiger partial charge < -0.3 is 5.32 Å². The lowest BCUT2D eigenvalue weighted by Crippen LogP contribution is -2.31. The minimum Gasteiger partial charge on any atom is -0.314 e. The smallest absolute Gasteiger partial charge is 0.100 e. The van der Waals surface area contributed by atoms with E-state index in [0.717, 1.165) is 54.2 Å². The van der Waals surface area contributed by atoms with Crippen molar-refractivity contribution in [3.8, 4) is 6.07 Å². The number of halogens is 2. The normalized spacial score (nSPS) is 17.4. The quantitative estimate of drug-likeness (QED) is 0.388. The molecule has 0 spiro atoms. The zero-order chi connectivity index (χ0) is 22.8. The van der Waals surface area contributed by atoms with Crippen molar-refractivity contribution in [3.05, 3.63) is 75.3 Å². The second-order valence-electron chi connectivity index (χ2n) is 9.04. The van der Waals surface area contributed by atoms with E-state index in [2.05, 4.69) is 40.6 Å². The van der Waals surface area contributed by atoms with E-state index in [0.29, 0.717) is 22.0 Å². The molecule has 1 saturated carbocycles. The summed E-state index contributed by atoms with van der Waals surface area (Å²) in [7, 11) is 0. The fourth-order valence-corrected chi connectivity index (χ4v) is 6.20. The zero-order valence-electron chi connectivity index (χ0n) is 18.5. The minimum absolute atomic E-state index is 0.364. The molecule has 0 unspecified atom stereocenters. The minimum atomic E-state index is 0.364. The van der Waals surface area contributed by atoms with Crippen LogP contribution in [0.15, 0.2) is 53.4 Å². The summed E-state index contributed by atoms with van der Waals surface area (Å²) in [6.45, 7) is 3.81. The highest BCUT2D eigenvalue weighted by Gasteiger charge is 2.25. The molecule has 6 heteroatoms. The highest BCUT2D eigenvalue weighted by atomic mass is 35.5. The Hall–Kier alpha value is -1.74. The summed E-state index contributed by atoms with van der Waals surface area (Å²) in [5, 5.41) is 17.1. The Bertz CT molecular complexity index is 1200. The van der Waals surface area contributed by atoms with E-state index in [1.807, 2.05) is 36.0 Å². The maximum atomic E-state index is 9.79. The first-order chi connectivity index (χ1) is 16.1. The third kappa shape index (κ3) is 5.34. The Kier molecular flexibility index (Phi) is 7.16. The van der Waals surface area contributed by atoms with Crippen LogP contribution in [0.2, 0.25) is 10.0 Å². The molecule has 0 amide bonds. The van der Waals surface area contributed by atoms with Crippen molar-refractivity contribution in [2.75, 3.05) is 25.4 Å². The molecule has 0 saturated heterocycles. The maximum Gasteiger partial charge on any atom is 0.100 e. The summed E-state index contributed by atoms with van der Waals surface area (Å²) in [5.74, 6) is 1.34. The van der Waals surface area contributed by atoms with Gasteiger partial charge >= 0.3 is 0 Å². The van der Waals surface area contributed by atoms with Crippen molar-refractivity contribution in [1.82, 2.24) is 10.2 Å². The second-order valence-corrected chi connectivity index (χ2v) is 11.0. The molecule has 0 radical (unpaired) electrons. The molecule has 2 aliphatic rings. The van der Waals surface area contributed by atoms with E-state index >= 15 is 0 Å². The number of nitrogens with one attached hydrogen (secondary N) is 1. The first kappa shape index (κ1) is 23.0. The summed E-state index contributed by atoms with van der Waals surface area (Å²) in [5.41, 5.74) is 3.33. The Morgan fingerprint density at radius 2 is 1.97 bits per heavy atom. The molecule has 0 bridgehead atoms. The predicted octanol–water partition coefficient (Wildman–Crippen LogP) is 6.85. The van der Waals surface area contributed by atoms with Crippen LogP contribution in [-0.2, 0) is 6.54 Å². The van der Waals surface area contributed by atoms with Crippen LogP contribution in [0.25, 0.3) is 10.8 Å². The van der Waals surface area contributed by atoms with Crippen molar-refractivity contribution >= 4 is 45.7 Å². The van der Waals surface area contributed by atoms with Gasteiger partial charge in [-0.1, -0.05) is 53.5 Å². The van der Waals surface area contributed by atoms with Gasteiger partial charge in [0.2, 0.25) is 0 Å². The summed E-state index contributed by atoms with van der Waals surface area (Å²) < 4.78 is 0. The van der Waals surface area contributed by atoms with Gasteiger partial charge in [0.05, 0.1) is 15.6 Å². The molecule has 1 aliphatic heterocycles. The molecule has 1 fully saturated rings. The highest BCUT2D eigenvalue weighted by molar-refractivity contribution is 7.99. The molecule has 3 aromatic rings. The van der Waals surface area contributed by atoms with Crippen LogP contribution in [-0.4, -0.2) is 36.3 Å². The Balaban J connectivity index is 1.43. The van der Waals surface area contributed by atoms with Crippen molar-refractivity contribution in [3.63, 3.8) is 0 Å². The van der Waals surface area contributed by atoms with Gasteiger partial charge in [0.1, 0.15) is 6.07 Å². The van der Waals surface area contributed by atoms with Crippen LogP contribution < -0.4 is 5.32 Å². The van der Waals surface area contributed by atoms with Crippen molar-refractivity contribution < 1.29 is 0 Å². The van der Waals surface area contributed by atoms with E-state index < -0.39 is 0 Å². The van der Waals surface area contributed by atoms with Crippen LogP contribution in [0.5, 0.6) is 0 Å². The molecule has 33 heavy (non-hydrogen) atoms. The van der Waals surface area contributed by atoms with Gasteiger partial charge in [0.15, 0.2) is 0 Å². The lowest BCUT2D eigenvalue weighted by atomic mass is 9.94. The molecule has 170 valence electrons. The molecule has 3 aromatic carbocycles. The Morgan fingerprint density at radius 1 is 1.12 bits per heavy atom. The average Bonchev–Trinajstić information content (AvgIpc) is 3.66. The fourth-order valence-electron chi connectivity index (χ4n) is 4.73. The van der Waals surface area contributed by atoms with Gasteiger partial charge in [-0.05, 0) is 71.8 Å². The molecule has 5 rings (SSSR count). The fraction of sp³-hybridized carbons (Fsp3) is 0.370. The number of fused-ring (bicyclic) bond motifs is 3. The van der Waals surface area contributed by atoms with Crippen LogP contribution in [0.1, 0.15) is 41.9 Å². The summed E-state index contributed by atoms with van der Waals surface area (Å²) in [6.07, 6.45) is 3.65. The molecular formula is C27H27Cl2N3S. The van der Waals surface area contributed by atoms with E-state index in [-0.39, 0.29) is 0 Å². The van der Waals surface area contributed by atoms with Gasteiger partial charge in [-0.2, -0.15) is 5.26 Å². The standard InChI is InChI=1S/C27H27Cl2N3S/c28-25-8-5-18(14-26(25)29)20(9-10-31-22-6-7-22)16-32-11-12-33-27-21(15-30)13-19-3-1-2-4-23(19)24(27)17-32/h1-5,8,13-14,20,22,31H,6-7,9-12,16-17H2/t20-/m1/s1. The first-order valence-corrected chi connectivity index (χ1v) is 13.3. The predicted molar refractivity (Wildman–Crippen MR) is 140 cm³/mol. The van der Waals surface area contributed by atoms with Gasteiger partial charge in [0.25, 0.3) is 0 Å². The lowest BCUT2D eigenvalue weighted by molar-refractivity contribution is 0.259.